The second-order valence-electron chi connectivity index (χ2n) is 6.09. The van der Waals surface area contributed by atoms with Crippen molar-refractivity contribution in [1.29, 1.82) is 0 Å². The van der Waals surface area contributed by atoms with Gasteiger partial charge in [0.1, 0.15) is 0 Å². The SMILES string of the molecule is O=C1NCCc2c(NC(=O)N3CCC[C@@H](C(F)(F)F)C3)cccc21. The average Bonchev–Trinajstić information content (AvgIpc) is 2.55. The van der Waals surface area contributed by atoms with Gasteiger partial charge in [0.15, 0.2) is 0 Å². The summed E-state index contributed by atoms with van der Waals surface area (Å²) in [6.45, 7) is 0.442. The minimum absolute atomic E-state index is 0.0498. The van der Waals surface area contributed by atoms with Crippen LogP contribution in [0.3, 0.4) is 0 Å². The molecule has 2 N–H and O–H groups in total. The van der Waals surface area contributed by atoms with Gasteiger partial charge in [0.2, 0.25) is 0 Å². The first-order valence-electron chi connectivity index (χ1n) is 7.89. The standard InChI is InChI=1S/C16H18F3N3O2/c17-16(18,19)10-3-2-8-22(9-10)15(24)21-13-5-1-4-12-11(13)6-7-20-14(12)23/h1,4-5,10H,2-3,6-9H2,(H,20,23)(H,21,24)/t10-/m1/s1. The zero-order valence-electron chi connectivity index (χ0n) is 12.9. The second-order valence-corrected chi connectivity index (χ2v) is 6.09. The van der Waals surface area contributed by atoms with Crippen molar-refractivity contribution in [1.82, 2.24) is 10.2 Å². The predicted molar refractivity (Wildman–Crippen MR) is 81.8 cm³/mol. The average molecular weight is 341 g/mol. The minimum Gasteiger partial charge on any atom is -0.352 e. The molecule has 1 atom stereocenters. The van der Waals surface area contributed by atoms with Crippen molar-refractivity contribution in [2.75, 3.05) is 25.0 Å². The second kappa shape index (κ2) is 6.33. The number of hydrogen-bond donors (Lipinski definition) is 2. The van der Waals surface area contributed by atoms with Gasteiger partial charge in [-0.05, 0) is 37.0 Å². The molecule has 1 saturated heterocycles. The maximum absolute atomic E-state index is 12.9. The van der Waals surface area contributed by atoms with Gasteiger partial charge in [-0.25, -0.2) is 4.79 Å². The van der Waals surface area contributed by atoms with Crippen LogP contribution >= 0.6 is 0 Å². The van der Waals surface area contributed by atoms with Crippen molar-refractivity contribution in [2.45, 2.75) is 25.4 Å². The lowest BCUT2D eigenvalue weighted by Crippen LogP contribution is -2.46. The van der Waals surface area contributed by atoms with Crippen LogP contribution in [-0.2, 0) is 6.42 Å². The first-order valence-corrected chi connectivity index (χ1v) is 7.89. The lowest BCUT2D eigenvalue weighted by molar-refractivity contribution is -0.183. The number of amides is 3. The van der Waals surface area contributed by atoms with Gasteiger partial charge in [-0.1, -0.05) is 6.07 Å². The Bertz CT molecular complexity index is 660. The van der Waals surface area contributed by atoms with Crippen molar-refractivity contribution in [3.05, 3.63) is 29.3 Å². The first kappa shape index (κ1) is 16.6. The van der Waals surface area contributed by atoms with Crippen LogP contribution in [0, 0.1) is 5.92 Å². The molecule has 2 aliphatic rings. The lowest BCUT2D eigenvalue weighted by Gasteiger charge is -2.34. The van der Waals surface area contributed by atoms with Gasteiger partial charge in [-0.3, -0.25) is 4.79 Å². The van der Waals surface area contributed by atoms with E-state index >= 15 is 0 Å². The zero-order chi connectivity index (χ0) is 17.3. The maximum atomic E-state index is 12.9. The predicted octanol–water partition coefficient (Wildman–Crippen LogP) is 2.78. The molecule has 130 valence electrons. The highest BCUT2D eigenvalue weighted by molar-refractivity contribution is 6.00. The van der Waals surface area contributed by atoms with Crippen molar-refractivity contribution >= 4 is 17.6 Å². The third-order valence-electron chi connectivity index (χ3n) is 4.49. The molecule has 0 radical (unpaired) electrons. The molecule has 0 spiro atoms. The van der Waals surface area contributed by atoms with E-state index in [0.717, 1.165) is 5.56 Å². The number of carbonyl (C=O) groups excluding carboxylic acids is 2. The molecular formula is C16H18F3N3O2. The molecule has 8 heteroatoms. The molecule has 3 amide bonds. The maximum Gasteiger partial charge on any atom is 0.393 e. The van der Waals surface area contributed by atoms with E-state index in [2.05, 4.69) is 10.6 Å². The first-order chi connectivity index (χ1) is 11.4. The van der Waals surface area contributed by atoms with Crippen molar-refractivity contribution in [2.24, 2.45) is 5.92 Å². The fourth-order valence-corrected chi connectivity index (χ4v) is 3.21. The number of urea groups is 1. The summed E-state index contributed by atoms with van der Waals surface area (Å²) in [6, 6.07) is 4.43. The molecule has 1 aromatic rings. The summed E-state index contributed by atoms with van der Waals surface area (Å²) in [4.78, 5) is 25.4. The number of nitrogens with one attached hydrogen (secondary N) is 2. The lowest BCUT2D eigenvalue weighted by atomic mass is 9.97. The summed E-state index contributed by atoms with van der Waals surface area (Å²) in [5, 5.41) is 5.39. The molecule has 2 aliphatic heterocycles. The van der Waals surface area contributed by atoms with Gasteiger partial charge in [0, 0.05) is 30.9 Å². The van der Waals surface area contributed by atoms with Gasteiger partial charge in [-0.2, -0.15) is 13.2 Å². The van der Waals surface area contributed by atoms with E-state index in [-0.39, 0.29) is 18.9 Å². The zero-order valence-corrected chi connectivity index (χ0v) is 12.9. The Balaban J connectivity index is 1.74. The number of anilines is 1. The number of likely N-dealkylation sites (tertiary alicyclic amines) is 1. The minimum atomic E-state index is -4.29. The smallest absolute Gasteiger partial charge is 0.352 e. The number of rotatable bonds is 1. The molecule has 0 unspecified atom stereocenters. The highest BCUT2D eigenvalue weighted by Crippen LogP contribution is 2.33. The van der Waals surface area contributed by atoms with Crippen LogP contribution in [0.2, 0.25) is 0 Å². The van der Waals surface area contributed by atoms with E-state index in [1.165, 1.54) is 4.90 Å². The van der Waals surface area contributed by atoms with Crippen LogP contribution in [0.15, 0.2) is 18.2 Å². The fourth-order valence-electron chi connectivity index (χ4n) is 3.21. The molecule has 1 fully saturated rings. The number of alkyl halides is 3. The summed E-state index contributed by atoms with van der Waals surface area (Å²) in [6.07, 6.45) is -3.34. The Kier molecular flexibility index (Phi) is 4.38. The molecule has 0 aromatic heterocycles. The summed E-state index contributed by atoms with van der Waals surface area (Å²) in [7, 11) is 0. The molecule has 0 bridgehead atoms. The van der Waals surface area contributed by atoms with Gasteiger partial charge < -0.3 is 15.5 Å². The number of halogens is 3. The van der Waals surface area contributed by atoms with Crippen LogP contribution in [0.5, 0.6) is 0 Å². The molecule has 2 heterocycles. The van der Waals surface area contributed by atoms with Crippen LogP contribution < -0.4 is 10.6 Å². The van der Waals surface area contributed by atoms with Gasteiger partial charge in [0.05, 0.1) is 5.92 Å². The Morgan fingerprint density at radius 2 is 2.12 bits per heavy atom. The summed E-state index contributed by atoms with van der Waals surface area (Å²) < 4.78 is 38.6. The van der Waals surface area contributed by atoms with E-state index in [9.17, 15) is 22.8 Å². The van der Waals surface area contributed by atoms with Gasteiger partial charge in [-0.15, -0.1) is 0 Å². The highest BCUT2D eigenvalue weighted by atomic mass is 19.4. The summed E-state index contributed by atoms with van der Waals surface area (Å²) >= 11 is 0. The molecule has 0 aliphatic carbocycles. The van der Waals surface area contributed by atoms with E-state index in [0.29, 0.717) is 37.2 Å². The van der Waals surface area contributed by atoms with Gasteiger partial charge in [0.25, 0.3) is 5.91 Å². The highest BCUT2D eigenvalue weighted by Gasteiger charge is 2.42. The van der Waals surface area contributed by atoms with Gasteiger partial charge >= 0.3 is 12.2 Å². The quantitative estimate of drug-likeness (QED) is 0.825. The molecular weight excluding hydrogens is 323 g/mol. The largest absolute Gasteiger partial charge is 0.393 e. The van der Waals surface area contributed by atoms with Crippen molar-refractivity contribution in [3.63, 3.8) is 0 Å². The van der Waals surface area contributed by atoms with Crippen LogP contribution in [0.4, 0.5) is 23.7 Å². The Morgan fingerprint density at radius 1 is 1.33 bits per heavy atom. The summed E-state index contributed by atoms with van der Waals surface area (Å²) in [5.41, 5.74) is 1.70. The van der Waals surface area contributed by atoms with Crippen molar-refractivity contribution < 1.29 is 22.8 Å². The molecule has 3 rings (SSSR count). The van der Waals surface area contributed by atoms with E-state index in [1.54, 1.807) is 18.2 Å². The van der Waals surface area contributed by atoms with Crippen LogP contribution in [0.1, 0.15) is 28.8 Å². The number of benzene rings is 1. The molecule has 5 nitrogen and oxygen atoms in total. The normalized spacial score (nSPS) is 21.0. The molecule has 1 aromatic carbocycles. The Hall–Kier alpha value is -2.25. The van der Waals surface area contributed by atoms with E-state index in [4.69, 9.17) is 0 Å². The Labute approximate surface area is 137 Å². The number of hydrogen-bond acceptors (Lipinski definition) is 2. The van der Waals surface area contributed by atoms with E-state index in [1.807, 2.05) is 0 Å². The third-order valence-corrected chi connectivity index (χ3v) is 4.49. The van der Waals surface area contributed by atoms with Crippen LogP contribution in [0.25, 0.3) is 0 Å². The topological polar surface area (TPSA) is 61.4 Å². The third kappa shape index (κ3) is 3.32. The Morgan fingerprint density at radius 3 is 2.88 bits per heavy atom. The van der Waals surface area contributed by atoms with Crippen LogP contribution in [-0.4, -0.2) is 42.6 Å². The summed E-state index contributed by atoms with van der Waals surface area (Å²) in [5.74, 6) is -1.69. The number of carbonyl (C=O) groups is 2. The number of piperidine rings is 1. The fraction of sp³-hybridized carbons (Fsp3) is 0.500. The monoisotopic (exact) mass is 341 g/mol. The number of fused-ring (bicyclic) bond motifs is 1. The molecule has 0 saturated carbocycles. The van der Waals surface area contributed by atoms with Crippen molar-refractivity contribution in [3.8, 4) is 0 Å². The molecule has 24 heavy (non-hydrogen) atoms. The number of nitrogens with zero attached hydrogens (tertiary/aromatic N) is 1. The van der Waals surface area contributed by atoms with E-state index < -0.39 is 18.1 Å².